The Morgan fingerprint density at radius 2 is 1.96 bits per heavy atom. The summed E-state index contributed by atoms with van der Waals surface area (Å²) in [7, 11) is 0. The fraction of sp³-hybridized carbons (Fsp3) is 0.158. The molecule has 0 aliphatic rings. The highest BCUT2D eigenvalue weighted by atomic mass is 35.5. The Labute approximate surface area is 151 Å². The SMILES string of the molecule is C[C@@H](NC(=O)Nc1ccn(Cc2ccccc2)n1)c1cccc(Cl)c1. The van der Waals surface area contributed by atoms with Crippen LogP contribution in [0.15, 0.2) is 66.9 Å². The molecule has 5 nitrogen and oxygen atoms in total. The van der Waals surface area contributed by atoms with Crippen LogP contribution in [0, 0.1) is 0 Å². The van der Waals surface area contributed by atoms with E-state index in [2.05, 4.69) is 15.7 Å². The molecule has 3 aromatic rings. The molecule has 25 heavy (non-hydrogen) atoms. The lowest BCUT2D eigenvalue weighted by Crippen LogP contribution is -2.31. The number of hydrogen-bond acceptors (Lipinski definition) is 2. The molecule has 1 aromatic heterocycles. The minimum absolute atomic E-state index is 0.162. The average molecular weight is 355 g/mol. The Kier molecular flexibility index (Phi) is 5.36. The lowest BCUT2D eigenvalue weighted by atomic mass is 10.1. The Morgan fingerprint density at radius 1 is 1.16 bits per heavy atom. The van der Waals surface area contributed by atoms with Crippen molar-refractivity contribution >= 4 is 23.4 Å². The number of carbonyl (C=O) groups is 1. The van der Waals surface area contributed by atoms with Gasteiger partial charge in [0, 0.05) is 17.3 Å². The molecule has 0 aliphatic carbocycles. The Hall–Kier alpha value is -2.79. The highest BCUT2D eigenvalue weighted by molar-refractivity contribution is 6.30. The summed E-state index contributed by atoms with van der Waals surface area (Å²) in [5.41, 5.74) is 2.09. The van der Waals surface area contributed by atoms with Crippen LogP contribution in [0.3, 0.4) is 0 Å². The summed E-state index contributed by atoms with van der Waals surface area (Å²) < 4.78 is 1.78. The standard InChI is InChI=1S/C19H19ClN4O/c1-14(16-8-5-9-17(20)12-16)21-19(25)22-18-10-11-24(23-18)13-15-6-3-2-4-7-15/h2-12,14H,13H2,1H3,(H2,21,22,23,25)/t14-/m1/s1. The van der Waals surface area contributed by atoms with Crippen LogP contribution in [0.25, 0.3) is 0 Å². The van der Waals surface area contributed by atoms with E-state index < -0.39 is 0 Å². The molecule has 0 bridgehead atoms. The topological polar surface area (TPSA) is 59.0 Å². The van der Waals surface area contributed by atoms with Gasteiger partial charge in [-0.25, -0.2) is 4.79 Å². The molecule has 0 radical (unpaired) electrons. The highest BCUT2D eigenvalue weighted by Crippen LogP contribution is 2.17. The first kappa shape index (κ1) is 17.0. The molecule has 0 aliphatic heterocycles. The summed E-state index contributed by atoms with van der Waals surface area (Å²) in [5.74, 6) is 0.506. The van der Waals surface area contributed by atoms with Crippen molar-refractivity contribution in [3.8, 4) is 0 Å². The van der Waals surface area contributed by atoms with E-state index in [0.717, 1.165) is 11.1 Å². The molecule has 1 atom stereocenters. The van der Waals surface area contributed by atoms with Crippen LogP contribution in [0.5, 0.6) is 0 Å². The van der Waals surface area contributed by atoms with Crippen LogP contribution in [0.1, 0.15) is 24.1 Å². The van der Waals surface area contributed by atoms with E-state index in [4.69, 9.17) is 11.6 Å². The van der Waals surface area contributed by atoms with E-state index >= 15 is 0 Å². The maximum atomic E-state index is 12.1. The fourth-order valence-electron chi connectivity index (χ4n) is 2.50. The summed E-state index contributed by atoms with van der Waals surface area (Å²) in [6.07, 6.45) is 1.84. The summed E-state index contributed by atoms with van der Waals surface area (Å²) in [6.45, 7) is 2.56. The largest absolute Gasteiger partial charge is 0.331 e. The van der Waals surface area contributed by atoms with Gasteiger partial charge in [-0.2, -0.15) is 5.10 Å². The Bertz CT molecular complexity index is 847. The molecule has 0 saturated carbocycles. The van der Waals surface area contributed by atoms with Crippen LogP contribution in [0.2, 0.25) is 5.02 Å². The minimum Gasteiger partial charge on any atom is -0.331 e. The molecule has 0 spiro atoms. The van der Waals surface area contributed by atoms with Gasteiger partial charge in [0.1, 0.15) is 0 Å². The molecule has 1 heterocycles. The Morgan fingerprint density at radius 3 is 2.72 bits per heavy atom. The number of nitrogens with zero attached hydrogens (tertiary/aromatic N) is 2. The number of urea groups is 1. The maximum Gasteiger partial charge on any atom is 0.320 e. The van der Waals surface area contributed by atoms with E-state index in [9.17, 15) is 4.79 Å². The third-order valence-electron chi connectivity index (χ3n) is 3.77. The first-order valence-electron chi connectivity index (χ1n) is 8.00. The highest BCUT2D eigenvalue weighted by Gasteiger charge is 2.11. The van der Waals surface area contributed by atoms with Crippen molar-refractivity contribution in [2.45, 2.75) is 19.5 Å². The molecule has 3 rings (SSSR count). The Balaban J connectivity index is 1.56. The van der Waals surface area contributed by atoms with Crippen molar-refractivity contribution in [3.63, 3.8) is 0 Å². The van der Waals surface area contributed by atoms with E-state index in [1.165, 1.54) is 0 Å². The van der Waals surface area contributed by atoms with Crippen LogP contribution in [-0.2, 0) is 6.54 Å². The predicted molar refractivity (Wildman–Crippen MR) is 99.8 cm³/mol. The van der Waals surface area contributed by atoms with E-state index in [0.29, 0.717) is 17.4 Å². The van der Waals surface area contributed by atoms with Crippen LogP contribution in [0.4, 0.5) is 10.6 Å². The van der Waals surface area contributed by atoms with Gasteiger partial charge >= 0.3 is 6.03 Å². The maximum absolute atomic E-state index is 12.1. The summed E-state index contributed by atoms with van der Waals surface area (Å²) in [6, 6.07) is 18.7. The summed E-state index contributed by atoms with van der Waals surface area (Å²) in [5, 5.41) is 10.6. The van der Waals surface area contributed by atoms with Gasteiger partial charge in [-0.3, -0.25) is 10.00 Å². The number of amides is 2. The molecule has 0 fully saturated rings. The number of carbonyl (C=O) groups excluding carboxylic acids is 1. The first-order chi connectivity index (χ1) is 12.1. The number of benzene rings is 2. The third kappa shape index (κ3) is 4.84. The smallest absolute Gasteiger partial charge is 0.320 e. The van der Waals surface area contributed by atoms with Gasteiger partial charge in [-0.15, -0.1) is 0 Å². The van der Waals surface area contributed by atoms with Gasteiger partial charge in [-0.1, -0.05) is 54.1 Å². The summed E-state index contributed by atoms with van der Waals surface area (Å²) >= 11 is 5.98. The summed E-state index contributed by atoms with van der Waals surface area (Å²) in [4.78, 5) is 12.1. The zero-order chi connectivity index (χ0) is 17.6. The quantitative estimate of drug-likeness (QED) is 0.710. The van der Waals surface area contributed by atoms with Crippen LogP contribution >= 0.6 is 11.6 Å². The second-order valence-corrected chi connectivity index (χ2v) is 6.20. The van der Waals surface area contributed by atoms with E-state index in [1.807, 2.05) is 61.7 Å². The molecule has 2 N–H and O–H groups in total. The number of halogens is 1. The van der Waals surface area contributed by atoms with Gasteiger partial charge in [0.2, 0.25) is 0 Å². The molecule has 0 saturated heterocycles. The van der Waals surface area contributed by atoms with Crippen molar-refractivity contribution in [3.05, 3.63) is 83.0 Å². The monoisotopic (exact) mass is 354 g/mol. The second-order valence-electron chi connectivity index (χ2n) is 5.76. The van der Waals surface area contributed by atoms with E-state index in [-0.39, 0.29) is 12.1 Å². The van der Waals surface area contributed by atoms with Crippen molar-refractivity contribution in [1.82, 2.24) is 15.1 Å². The molecular weight excluding hydrogens is 336 g/mol. The fourth-order valence-corrected chi connectivity index (χ4v) is 2.69. The normalized spacial score (nSPS) is 11.8. The molecule has 2 amide bonds. The average Bonchev–Trinajstić information content (AvgIpc) is 3.02. The second kappa shape index (κ2) is 7.85. The van der Waals surface area contributed by atoms with Gasteiger partial charge in [0.25, 0.3) is 0 Å². The molecular formula is C19H19ClN4O. The number of aromatic nitrogens is 2. The van der Waals surface area contributed by atoms with Crippen molar-refractivity contribution in [1.29, 1.82) is 0 Å². The minimum atomic E-state index is -0.308. The van der Waals surface area contributed by atoms with Gasteiger partial charge in [-0.05, 0) is 30.2 Å². The van der Waals surface area contributed by atoms with Gasteiger partial charge in [0.05, 0.1) is 12.6 Å². The number of anilines is 1. The number of rotatable bonds is 5. The predicted octanol–water partition coefficient (Wildman–Crippen LogP) is 4.47. The molecule has 2 aromatic carbocycles. The van der Waals surface area contributed by atoms with Gasteiger partial charge < -0.3 is 5.32 Å². The van der Waals surface area contributed by atoms with Gasteiger partial charge in [0.15, 0.2) is 5.82 Å². The first-order valence-corrected chi connectivity index (χ1v) is 8.38. The van der Waals surface area contributed by atoms with E-state index in [1.54, 1.807) is 16.8 Å². The number of hydrogen-bond donors (Lipinski definition) is 2. The molecule has 128 valence electrons. The van der Waals surface area contributed by atoms with Crippen molar-refractivity contribution in [2.75, 3.05) is 5.32 Å². The van der Waals surface area contributed by atoms with Crippen molar-refractivity contribution in [2.24, 2.45) is 0 Å². The lowest BCUT2D eigenvalue weighted by molar-refractivity contribution is 0.249. The van der Waals surface area contributed by atoms with Crippen LogP contribution in [-0.4, -0.2) is 15.8 Å². The zero-order valence-electron chi connectivity index (χ0n) is 13.8. The number of nitrogens with one attached hydrogen (secondary N) is 2. The molecule has 0 unspecified atom stereocenters. The lowest BCUT2D eigenvalue weighted by Gasteiger charge is -2.14. The molecule has 6 heteroatoms. The van der Waals surface area contributed by atoms with Crippen molar-refractivity contribution < 1.29 is 4.79 Å². The third-order valence-corrected chi connectivity index (χ3v) is 4.00. The van der Waals surface area contributed by atoms with Crippen LogP contribution < -0.4 is 10.6 Å². The zero-order valence-corrected chi connectivity index (χ0v) is 14.6.